The Morgan fingerprint density at radius 2 is 2.00 bits per heavy atom. The van der Waals surface area contributed by atoms with E-state index in [1.54, 1.807) is 34.0 Å². The van der Waals surface area contributed by atoms with E-state index < -0.39 is 0 Å². The molecular weight excluding hydrogens is 518 g/mol. The number of amides is 2. The van der Waals surface area contributed by atoms with E-state index in [-0.39, 0.29) is 17.9 Å². The van der Waals surface area contributed by atoms with Crippen LogP contribution < -0.4 is 21.5 Å². The molecule has 0 bridgehead atoms. The smallest absolute Gasteiger partial charge is 0.269 e. The van der Waals surface area contributed by atoms with E-state index >= 15 is 0 Å². The van der Waals surface area contributed by atoms with E-state index in [1.165, 1.54) is 6.08 Å². The summed E-state index contributed by atoms with van der Waals surface area (Å²) in [5.74, 6) is 2.88. The highest BCUT2D eigenvalue weighted by atomic mass is 16.5. The summed E-state index contributed by atoms with van der Waals surface area (Å²) in [5, 5.41) is 6.00. The number of carbonyl (C=O) groups excluding carboxylic acids is 2. The highest BCUT2D eigenvalue weighted by Crippen LogP contribution is 2.29. The van der Waals surface area contributed by atoms with E-state index in [2.05, 4.69) is 51.5 Å². The second-order valence-corrected chi connectivity index (χ2v) is 8.30. The van der Waals surface area contributed by atoms with Gasteiger partial charge in [-0.25, -0.2) is 10.4 Å². The van der Waals surface area contributed by atoms with Crippen molar-refractivity contribution >= 4 is 18.0 Å². The Morgan fingerprint density at radius 1 is 1.32 bits per heavy atom. The second-order valence-electron chi connectivity index (χ2n) is 8.30. The lowest BCUT2D eigenvalue weighted by Gasteiger charge is -2.25. The van der Waals surface area contributed by atoms with Crippen LogP contribution in [0.15, 0.2) is 87.7 Å². The molecule has 9 nitrogen and oxygen atoms in total. The minimum atomic E-state index is -0.289. The number of aliphatic imine (C=N–C) groups is 1. The van der Waals surface area contributed by atoms with Crippen LogP contribution in [-0.2, 0) is 19.1 Å². The molecule has 0 fully saturated rings. The molecule has 0 aromatic rings. The molecule has 0 spiro atoms. The van der Waals surface area contributed by atoms with Crippen molar-refractivity contribution in [2.75, 3.05) is 20.3 Å². The molecule has 2 aliphatic heterocycles. The second kappa shape index (κ2) is 21.7. The van der Waals surface area contributed by atoms with Gasteiger partial charge in [-0.05, 0) is 63.5 Å². The van der Waals surface area contributed by atoms with Crippen molar-refractivity contribution in [3.05, 3.63) is 82.7 Å². The van der Waals surface area contributed by atoms with Gasteiger partial charge in [0, 0.05) is 25.4 Å². The van der Waals surface area contributed by atoms with Crippen LogP contribution in [0.25, 0.3) is 0 Å². The number of nitrogens with zero attached hydrogens (tertiary/aromatic N) is 1. The van der Waals surface area contributed by atoms with Crippen LogP contribution in [0.5, 0.6) is 0 Å². The maximum Gasteiger partial charge on any atom is 0.269 e. The van der Waals surface area contributed by atoms with E-state index in [0.717, 1.165) is 17.6 Å². The predicted molar refractivity (Wildman–Crippen MR) is 168 cm³/mol. The standard InChI is InChI=1S/C27H37N5O4.C3H4.C2H6/c1-7-10-20-17-36-19(5)26(27(34)32-28-6)22(20)13-15-35-21-12-14-29-24(16-21)31-23(11-8-2)18(4)30-25(33)9-3;1-3-2;1-2/h8-11,13-14,16,21,28,31H,3,7,12,15,17H2,1-2,4-6H3,(H,30,33)(H,32,34);1H,2H3;1-2H3/b11-8-,20-10-,22-13+,23-18-;;. The molecule has 2 rings (SSSR count). The molecule has 0 aromatic carbocycles. The zero-order valence-electron chi connectivity index (χ0n) is 25.8. The van der Waals surface area contributed by atoms with Gasteiger partial charge in [0.15, 0.2) is 0 Å². The Hall–Kier alpha value is -4.13. The van der Waals surface area contributed by atoms with Crippen molar-refractivity contribution in [2.24, 2.45) is 4.99 Å². The van der Waals surface area contributed by atoms with Gasteiger partial charge in [-0.2, -0.15) is 0 Å². The van der Waals surface area contributed by atoms with Crippen LogP contribution in [-0.4, -0.2) is 44.4 Å². The lowest BCUT2D eigenvalue weighted by Crippen LogP contribution is -2.37. The number of terminal acetylenes is 1. The minimum absolute atomic E-state index is 0.213. The van der Waals surface area contributed by atoms with Gasteiger partial charge in [-0.15, -0.1) is 12.3 Å². The van der Waals surface area contributed by atoms with Crippen molar-refractivity contribution in [3.63, 3.8) is 0 Å². The lowest BCUT2D eigenvalue weighted by atomic mass is 9.93. The Kier molecular flexibility index (Phi) is 19.5. The molecule has 2 heterocycles. The summed E-state index contributed by atoms with van der Waals surface area (Å²) < 4.78 is 11.8. The van der Waals surface area contributed by atoms with Gasteiger partial charge in [0.05, 0.1) is 24.0 Å². The fourth-order valence-electron chi connectivity index (χ4n) is 3.65. The third-order valence-corrected chi connectivity index (χ3v) is 5.33. The molecule has 1 atom stereocenters. The minimum Gasteiger partial charge on any atom is -0.493 e. The van der Waals surface area contributed by atoms with Gasteiger partial charge >= 0.3 is 0 Å². The zero-order valence-corrected chi connectivity index (χ0v) is 25.8. The number of carbonyl (C=O) groups is 2. The Morgan fingerprint density at radius 3 is 2.59 bits per heavy atom. The molecular formula is C32H47N5O4. The number of rotatable bonds is 11. The first-order valence-corrected chi connectivity index (χ1v) is 13.7. The van der Waals surface area contributed by atoms with Crippen molar-refractivity contribution in [1.29, 1.82) is 0 Å². The van der Waals surface area contributed by atoms with Crippen molar-refractivity contribution < 1.29 is 19.1 Å². The van der Waals surface area contributed by atoms with Crippen LogP contribution in [0.1, 0.15) is 61.3 Å². The average Bonchev–Trinajstić information content (AvgIpc) is 2.96. The van der Waals surface area contributed by atoms with Crippen molar-refractivity contribution in [1.82, 2.24) is 21.5 Å². The predicted octanol–water partition coefficient (Wildman–Crippen LogP) is 4.87. The van der Waals surface area contributed by atoms with Gasteiger partial charge in [0.2, 0.25) is 5.91 Å². The normalized spacial score (nSPS) is 18.5. The Labute approximate surface area is 246 Å². The SMILES string of the molecule is C#CC.C=CC(=O)N/C(C)=C(/C=C\C)NC1=CC(OC/C=C2/C(C(=O)NNC)=C(C)OC/C2=C/CC)CC=N1.CC. The summed E-state index contributed by atoms with van der Waals surface area (Å²) in [6.07, 6.45) is 18.4. The molecule has 9 heteroatoms. The topological polar surface area (TPSA) is 113 Å². The number of hydrazine groups is 1. The molecule has 224 valence electrons. The van der Waals surface area contributed by atoms with Gasteiger partial charge in [0.25, 0.3) is 5.91 Å². The molecule has 2 amide bonds. The van der Waals surface area contributed by atoms with E-state index in [4.69, 9.17) is 9.47 Å². The summed E-state index contributed by atoms with van der Waals surface area (Å²) in [6.45, 7) is 17.4. The van der Waals surface area contributed by atoms with Crippen LogP contribution in [0.3, 0.4) is 0 Å². The first-order valence-electron chi connectivity index (χ1n) is 13.7. The summed E-state index contributed by atoms with van der Waals surface area (Å²) >= 11 is 0. The number of hydrogen-bond acceptors (Lipinski definition) is 7. The third-order valence-electron chi connectivity index (χ3n) is 5.33. The summed E-state index contributed by atoms with van der Waals surface area (Å²) in [7, 11) is 1.64. The Bertz CT molecular complexity index is 1150. The number of hydrogen-bond donors (Lipinski definition) is 4. The van der Waals surface area contributed by atoms with E-state index in [1.807, 2.05) is 52.0 Å². The molecule has 41 heavy (non-hydrogen) atoms. The summed E-state index contributed by atoms with van der Waals surface area (Å²) in [6, 6.07) is 0. The van der Waals surface area contributed by atoms with Crippen LogP contribution in [0, 0.1) is 12.3 Å². The largest absolute Gasteiger partial charge is 0.493 e. The monoisotopic (exact) mass is 565 g/mol. The Balaban J connectivity index is 0.00000299. The van der Waals surface area contributed by atoms with Gasteiger partial charge in [-0.3, -0.25) is 15.0 Å². The molecule has 0 radical (unpaired) electrons. The fourth-order valence-corrected chi connectivity index (χ4v) is 3.65. The summed E-state index contributed by atoms with van der Waals surface area (Å²) in [5.41, 5.74) is 8.90. The maximum absolute atomic E-state index is 12.7. The first-order chi connectivity index (χ1) is 19.8. The van der Waals surface area contributed by atoms with Crippen LogP contribution in [0.4, 0.5) is 0 Å². The van der Waals surface area contributed by atoms with Crippen LogP contribution in [0.2, 0.25) is 0 Å². The van der Waals surface area contributed by atoms with Crippen LogP contribution >= 0.6 is 0 Å². The highest BCUT2D eigenvalue weighted by Gasteiger charge is 2.26. The molecule has 0 saturated heterocycles. The number of nitrogens with one attached hydrogen (secondary N) is 4. The fraction of sp³-hybridized carbons (Fsp3) is 0.406. The summed E-state index contributed by atoms with van der Waals surface area (Å²) in [4.78, 5) is 28.8. The number of ether oxygens (including phenoxy) is 2. The van der Waals surface area contributed by atoms with Gasteiger partial charge in [-0.1, -0.05) is 45.6 Å². The molecule has 0 aliphatic carbocycles. The van der Waals surface area contributed by atoms with E-state index in [0.29, 0.717) is 48.2 Å². The van der Waals surface area contributed by atoms with Crippen molar-refractivity contribution in [3.8, 4) is 12.3 Å². The highest BCUT2D eigenvalue weighted by molar-refractivity contribution is 5.99. The third kappa shape index (κ3) is 13.2. The quantitative estimate of drug-likeness (QED) is 0.123. The molecule has 0 saturated carbocycles. The van der Waals surface area contributed by atoms with Crippen molar-refractivity contribution in [2.45, 2.75) is 67.4 Å². The molecule has 2 aliphatic rings. The lowest BCUT2D eigenvalue weighted by molar-refractivity contribution is -0.118. The average molecular weight is 566 g/mol. The zero-order chi connectivity index (χ0) is 31.2. The first kappa shape index (κ1) is 36.9. The van der Waals surface area contributed by atoms with Gasteiger partial charge in [0.1, 0.15) is 18.2 Å². The molecule has 0 aromatic heterocycles. The molecule has 1 unspecified atom stereocenters. The maximum atomic E-state index is 12.7. The number of allylic oxidation sites excluding steroid dienone is 5. The van der Waals surface area contributed by atoms with E-state index in [9.17, 15) is 9.59 Å². The molecule has 4 N–H and O–H groups in total. The van der Waals surface area contributed by atoms with Gasteiger partial charge < -0.3 is 20.1 Å².